The Morgan fingerprint density at radius 2 is 1.85 bits per heavy atom. The maximum absolute atomic E-state index is 12.7. The molecule has 1 aliphatic carbocycles. The minimum Gasteiger partial charge on any atom is -0.530 e. The molecule has 4 heteroatoms. The third-order valence-electron chi connectivity index (χ3n) is 8.59. The van der Waals surface area contributed by atoms with Crippen molar-refractivity contribution >= 4 is 6.09 Å². The summed E-state index contributed by atoms with van der Waals surface area (Å²) in [6, 6.07) is 15.5. The summed E-state index contributed by atoms with van der Waals surface area (Å²) in [5, 5.41) is 12.7. The Morgan fingerprint density at radius 1 is 1.12 bits per heavy atom. The molecule has 3 heterocycles. The van der Waals surface area contributed by atoms with Gasteiger partial charge in [0.1, 0.15) is 6.09 Å². The highest BCUT2D eigenvalue weighted by atomic mass is 16.4. The summed E-state index contributed by atoms with van der Waals surface area (Å²) in [5.41, 5.74) is 6.19. The number of benzene rings is 2. The molecule has 182 valence electrons. The fraction of sp³-hybridized carbons (Fsp3) is 0.567. The van der Waals surface area contributed by atoms with Gasteiger partial charge in [-0.25, -0.2) is 0 Å². The number of carboxylic acid groups (broad SMARTS) is 1. The van der Waals surface area contributed by atoms with Crippen LogP contribution in [0.2, 0.25) is 0 Å². The highest BCUT2D eigenvalue weighted by Gasteiger charge is 2.46. The number of fused-ring (bicyclic) bond motifs is 4. The van der Waals surface area contributed by atoms with Gasteiger partial charge in [0.15, 0.2) is 0 Å². The number of rotatable bonds is 5. The third kappa shape index (κ3) is 4.37. The zero-order chi connectivity index (χ0) is 24.0. The topological polar surface area (TPSA) is 46.6 Å². The van der Waals surface area contributed by atoms with Crippen molar-refractivity contribution in [3.05, 3.63) is 59.2 Å². The monoisotopic (exact) mass is 459 g/mol. The molecular formula is C30H39N2O2-. The zero-order valence-electron chi connectivity index (χ0n) is 21.2. The number of hydrogen-bond acceptors (Lipinski definition) is 3. The molecule has 0 unspecified atom stereocenters. The van der Waals surface area contributed by atoms with Crippen molar-refractivity contribution in [3.63, 3.8) is 0 Å². The van der Waals surface area contributed by atoms with Crippen LogP contribution in [0.25, 0.3) is 11.1 Å². The van der Waals surface area contributed by atoms with E-state index in [1.54, 1.807) is 4.90 Å². The van der Waals surface area contributed by atoms with Gasteiger partial charge in [-0.2, -0.15) is 0 Å². The number of aryl methyl sites for hydroxylation is 1. The fourth-order valence-corrected chi connectivity index (χ4v) is 6.84. The first-order chi connectivity index (χ1) is 16.2. The van der Waals surface area contributed by atoms with Gasteiger partial charge in [-0.15, -0.1) is 0 Å². The van der Waals surface area contributed by atoms with Gasteiger partial charge in [0, 0.05) is 12.6 Å². The standard InChI is InChI=1S/C30H40N2O2/c1-20(2)16-21-6-5-7-23(17-21)24-8-9-26-25(18-24)10-13-30(3,4)28(26)32(29(33)34)27-19-31-14-11-22(27)12-15-31/h5-9,17-18,20,22,27-28H,10-16,19H2,1-4H3,(H,33,34)/p-1/t27-,28+/m1/s1. The van der Waals surface area contributed by atoms with Crippen LogP contribution in [0.1, 0.15) is 69.7 Å². The molecule has 0 aromatic heterocycles. The van der Waals surface area contributed by atoms with Crippen molar-refractivity contribution in [1.29, 1.82) is 0 Å². The molecule has 2 bridgehead atoms. The normalized spacial score (nSPS) is 27.4. The van der Waals surface area contributed by atoms with E-state index in [1.165, 1.54) is 27.8 Å². The first-order valence-electron chi connectivity index (χ1n) is 13.2. The molecule has 4 aliphatic rings. The molecule has 2 aromatic carbocycles. The van der Waals surface area contributed by atoms with Gasteiger partial charge in [-0.1, -0.05) is 70.2 Å². The summed E-state index contributed by atoms with van der Waals surface area (Å²) in [6.07, 6.45) is 4.23. The lowest BCUT2D eigenvalue weighted by Gasteiger charge is -2.56. The number of amides is 1. The van der Waals surface area contributed by atoms with E-state index in [4.69, 9.17) is 0 Å². The number of carbonyl (C=O) groups is 1. The summed E-state index contributed by atoms with van der Waals surface area (Å²) in [6.45, 7) is 12.0. The second-order valence-electron chi connectivity index (χ2n) is 12.0. The van der Waals surface area contributed by atoms with E-state index in [1.807, 2.05) is 0 Å². The first-order valence-corrected chi connectivity index (χ1v) is 13.2. The maximum Gasteiger partial charge on any atom is 0.137 e. The van der Waals surface area contributed by atoms with Gasteiger partial charge in [-0.3, -0.25) is 0 Å². The molecule has 2 aromatic rings. The number of nitrogens with zero attached hydrogens (tertiary/aromatic N) is 2. The van der Waals surface area contributed by atoms with E-state index < -0.39 is 6.09 Å². The molecule has 6 rings (SSSR count). The SMILES string of the molecule is CC(C)Cc1cccc(-c2ccc3c(c2)CCC(C)(C)[C@H]3N(C(=O)[O-])[C@@H]2CN3CCC2CC3)c1. The Bertz CT molecular complexity index is 1050. The Morgan fingerprint density at radius 3 is 2.50 bits per heavy atom. The molecule has 3 saturated heterocycles. The van der Waals surface area contributed by atoms with Crippen LogP contribution in [0, 0.1) is 17.3 Å². The molecule has 3 fully saturated rings. The van der Waals surface area contributed by atoms with Crippen molar-refractivity contribution in [1.82, 2.24) is 9.80 Å². The Labute approximate surface area is 205 Å². The summed E-state index contributed by atoms with van der Waals surface area (Å²) in [7, 11) is 0. The van der Waals surface area contributed by atoms with Crippen LogP contribution in [0.15, 0.2) is 42.5 Å². The zero-order valence-corrected chi connectivity index (χ0v) is 21.2. The second-order valence-corrected chi connectivity index (χ2v) is 12.0. The molecular weight excluding hydrogens is 420 g/mol. The maximum atomic E-state index is 12.7. The second kappa shape index (κ2) is 9.03. The number of carbonyl (C=O) groups excluding carboxylic acids is 1. The highest BCUT2D eigenvalue weighted by molar-refractivity contribution is 5.68. The largest absolute Gasteiger partial charge is 0.530 e. The van der Waals surface area contributed by atoms with Gasteiger partial charge >= 0.3 is 0 Å². The molecule has 0 N–H and O–H groups in total. The minimum absolute atomic E-state index is 0.0371. The predicted octanol–water partition coefficient (Wildman–Crippen LogP) is 5.31. The average molecular weight is 460 g/mol. The van der Waals surface area contributed by atoms with Crippen LogP contribution in [-0.2, 0) is 12.8 Å². The van der Waals surface area contributed by atoms with Crippen LogP contribution in [-0.4, -0.2) is 41.6 Å². The summed E-state index contributed by atoms with van der Waals surface area (Å²) in [4.78, 5) is 16.9. The molecule has 2 atom stereocenters. The molecule has 1 amide bonds. The van der Waals surface area contributed by atoms with Crippen molar-refractivity contribution in [2.45, 2.75) is 71.9 Å². The molecule has 34 heavy (non-hydrogen) atoms. The van der Waals surface area contributed by atoms with Crippen molar-refractivity contribution in [2.75, 3.05) is 19.6 Å². The predicted molar refractivity (Wildman–Crippen MR) is 135 cm³/mol. The number of hydrogen-bond donors (Lipinski definition) is 0. The quantitative estimate of drug-likeness (QED) is 0.609. The lowest BCUT2D eigenvalue weighted by molar-refractivity contribution is -0.277. The van der Waals surface area contributed by atoms with Crippen molar-refractivity contribution < 1.29 is 9.90 Å². The van der Waals surface area contributed by atoms with Crippen molar-refractivity contribution in [3.8, 4) is 11.1 Å². The fourth-order valence-electron chi connectivity index (χ4n) is 6.84. The van der Waals surface area contributed by atoms with Gasteiger partial charge in [0.05, 0.1) is 6.04 Å². The highest BCUT2D eigenvalue weighted by Crippen LogP contribution is 2.50. The molecule has 0 spiro atoms. The van der Waals surface area contributed by atoms with Gasteiger partial charge < -0.3 is 19.7 Å². The van der Waals surface area contributed by atoms with E-state index in [0.717, 1.165) is 51.7 Å². The lowest BCUT2D eigenvalue weighted by Crippen LogP contribution is -2.63. The van der Waals surface area contributed by atoms with E-state index in [2.05, 4.69) is 75.1 Å². The van der Waals surface area contributed by atoms with Gasteiger partial charge in [0.2, 0.25) is 0 Å². The van der Waals surface area contributed by atoms with Crippen LogP contribution in [0.3, 0.4) is 0 Å². The Hall–Kier alpha value is -2.33. The lowest BCUT2D eigenvalue weighted by atomic mass is 9.68. The summed E-state index contributed by atoms with van der Waals surface area (Å²) in [5.74, 6) is 1.08. The van der Waals surface area contributed by atoms with E-state index >= 15 is 0 Å². The molecule has 4 nitrogen and oxygen atoms in total. The summed E-state index contributed by atoms with van der Waals surface area (Å²) < 4.78 is 0. The Balaban J connectivity index is 1.51. The average Bonchev–Trinajstić information content (AvgIpc) is 2.81. The van der Waals surface area contributed by atoms with Gasteiger partial charge in [0.25, 0.3) is 0 Å². The van der Waals surface area contributed by atoms with Crippen LogP contribution >= 0.6 is 0 Å². The Kier molecular flexibility index (Phi) is 6.22. The minimum atomic E-state index is -1.00. The smallest absolute Gasteiger partial charge is 0.137 e. The molecule has 3 aliphatic heterocycles. The third-order valence-corrected chi connectivity index (χ3v) is 8.59. The van der Waals surface area contributed by atoms with Crippen LogP contribution in [0.5, 0.6) is 0 Å². The van der Waals surface area contributed by atoms with E-state index in [0.29, 0.717) is 11.8 Å². The molecule has 0 radical (unpaired) electrons. The molecule has 0 saturated carbocycles. The first kappa shape index (κ1) is 23.4. The summed E-state index contributed by atoms with van der Waals surface area (Å²) >= 11 is 0. The van der Waals surface area contributed by atoms with Crippen molar-refractivity contribution in [2.24, 2.45) is 17.3 Å². The van der Waals surface area contributed by atoms with Crippen LogP contribution in [0.4, 0.5) is 4.79 Å². The van der Waals surface area contributed by atoms with E-state index in [-0.39, 0.29) is 17.5 Å². The van der Waals surface area contributed by atoms with E-state index in [9.17, 15) is 9.90 Å². The van der Waals surface area contributed by atoms with Crippen LogP contribution < -0.4 is 5.11 Å². The van der Waals surface area contributed by atoms with Gasteiger partial charge in [-0.05, 0) is 90.3 Å². The number of piperidine rings is 3.